The van der Waals surface area contributed by atoms with Crippen molar-refractivity contribution in [3.8, 4) is 0 Å². The second kappa shape index (κ2) is 15.4. The van der Waals surface area contributed by atoms with Crippen molar-refractivity contribution in [2.75, 3.05) is 59.5 Å². The van der Waals surface area contributed by atoms with Gasteiger partial charge in [-0.25, -0.2) is 14.4 Å². The third-order valence-electron chi connectivity index (χ3n) is 3.55. The van der Waals surface area contributed by atoms with Crippen LogP contribution in [-0.4, -0.2) is 77.4 Å². The van der Waals surface area contributed by atoms with E-state index in [2.05, 4.69) is 0 Å². The smallest absolute Gasteiger partial charge is 0.332 e. The Labute approximate surface area is 160 Å². The van der Waals surface area contributed by atoms with Gasteiger partial charge in [0.25, 0.3) is 0 Å². The molecule has 0 aromatic heterocycles. The number of carbonyl (C=O) groups excluding carboxylic acids is 3. The van der Waals surface area contributed by atoms with E-state index in [9.17, 15) is 14.4 Å². The lowest BCUT2D eigenvalue weighted by molar-refractivity contribution is -0.156. The molecule has 27 heavy (non-hydrogen) atoms. The lowest BCUT2D eigenvalue weighted by Crippen LogP contribution is -2.39. The first-order chi connectivity index (χ1) is 12.9. The SMILES string of the molecule is CCOC(=O)COCC(CC)(COCC(=O)OCC)COCC(=O)OCC. The molecule has 9 nitrogen and oxygen atoms in total. The van der Waals surface area contributed by atoms with Gasteiger partial charge in [-0.2, -0.15) is 0 Å². The van der Waals surface area contributed by atoms with Crippen molar-refractivity contribution in [1.29, 1.82) is 0 Å². The summed E-state index contributed by atoms with van der Waals surface area (Å²) < 4.78 is 30.8. The minimum Gasteiger partial charge on any atom is -0.464 e. The van der Waals surface area contributed by atoms with E-state index in [4.69, 9.17) is 28.4 Å². The monoisotopic (exact) mass is 392 g/mol. The van der Waals surface area contributed by atoms with Gasteiger partial charge in [0.05, 0.1) is 39.6 Å². The second-order valence-electron chi connectivity index (χ2n) is 5.75. The third kappa shape index (κ3) is 12.3. The maximum atomic E-state index is 11.4. The van der Waals surface area contributed by atoms with Gasteiger partial charge >= 0.3 is 17.9 Å². The molecule has 0 aliphatic heterocycles. The Kier molecular flexibility index (Phi) is 14.4. The van der Waals surface area contributed by atoms with Crippen LogP contribution in [0.25, 0.3) is 0 Å². The van der Waals surface area contributed by atoms with E-state index >= 15 is 0 Å². The first kappa shape index (κ1) is 25.3. The molecule has 158 valence electrons. The highest BCUT2D eigenvalue weighted by atomic mass is 16.6. The predicted molar refractivity (Wildman–Crippen MR) is 95.1 cm³/mol. The summed E-state index contributed by atoms with van der Waals surface area (Å²) in [6.45, 7) is 7.63. The fourth-order valence-corrected chi connectivity index (χ4v) is 2.09. The topological polar surface area (TPSA) is 107 Å². The first-order valence-corrected chi connectivity index (χ1v) is 9.13. The van der Waals surface area contributed by atoms with E-state index in [1.54, 1.807) is 20.8 Å². The average molecular weight is 392 g/mol. The van der Waals surface area contributed by atoms with E-state index in [0.717, 1.165) is 0 Å². The summed E-state index contributed by atoms with van der Waals surface area (Å²) in [5.74, 6) is -1.41. The number of hydrogen-bond acceptors (Lipinski definition) is 9. The molecule has 0 spiro atoms. The molecular formula is C18H32O9. The zero-order chi connectivity index (χ0) is 20.5. The quantitative estimate of drug-likeness (QED) is 0.282. The number of carbonyl (C=O) groups is 3. The minimum atomic E-state index is -0.647. The summed E-state index contributed by atoms with van der Waals surface area (Å²) in [6.07, 6.45) is 0.571. The Morgan fingerprint density at radius 2 is 0.889 bits per heavy atom. The average Bonchev–Trinajstić information content (AvgIpc) is 2.62. The summed E-state index contributed by atoms with van der Waals surface area (Å²) in [5, 5.41) is 0. The molecule has 0 saturated carbocycles. The fraction of sp³-hybridized carbons (Fsp3) is 0.833. The molecule has 0 fully saturated rings. The van der Waals surface area contributed by atoms with Crippen molar-refractivity contribution in [1.82, 2.24) is 0 Å². The van der Waals surface area contributed by atoms with Gasteiger partial charge in [-0.15, -0.1) is 0 Å². The highest BCUT2D eigenvalue weighted by molar-refractivity contribution is 5.71. The molecule has 0 N–H and O–H groups in total. The van der Waals surface area contributed by atoms with Crippen molar-refractivity contribution >= 4 is 17.9 Å². The van der Waals surface area contributed by atoms with E-state index in [-0.39, 0.29) is 59.5 Å². The molecule has 0 rings (SSSR count). The van der Waals surface area contributed by atoms with Gasteiger partial charge in [-0.3, -0.25) is 0 Å². The summed E-state index contributed by atoms with van der Waals surface area (Å²) in [4.78, 5) is 34.3. The van der Waals surface area contributed by atoms with Gasteiger partial charge in [0.1, 0.15) is 19.8 Å². The van der Waals surface area contributed by atoms with Crippen molar-refractivity contribution in [3.05, 3.63) is 0 Å². The molecule has 0 saturated heterocycles. The maximum Gasteiger partial charge on any atom is 0.332 e. The van der Waals surface area contributed by atoms with Crippen LogP contribution in [0.5, 0.6) is 0 Å². The zero-order valence-electron chi connectivity index (χ0n) is 16.7. The largest absolute Gasteiger partial charge is 0.464 e. The molecule has 0 atom stereocenters. The lowest BCUT2D eigenvalue weighted by atomic mass is 9.88. The van der Waals surface area contributed by atoms with Crippen molar-refractivity contribution in [2.45, 2.75) is 34.1 Å². The van der Waals surface area contributed by atoms with Gasteiger partial charge in [-0.05, 0) is 27.2 Å². The number of esters is 3. The minimum absolute atomic E-state index is 0.133. The molecule has 0 unspecified atom stereocenters. The Morgan fingerprint density at radius 1 is 0.593 bits per heavy atom. The first-order valence-electron chi connectivity index (χ1n) is 9.13. The van der Waals surface area contributed by atoms with Crippen LogP contribution in [-0.2, 0) is 42.8 Å². The molecule has 0 aromatic rings. The van der Waals surface area contributed by atoms with E-state index in [1.807, 2.05) is 6.92 Å². The zero-order valence-corrected chi connectivity index (χ0v) is 16.7. The Hall–Kier alpha value is -1.71. The van der Waals surface area contributed by atoms with Crippen LogP contribution in [0.15, 0.2) is 0 Å². The highest BCUT2D eigenvalue weighted by Crippen LogP contribution is 2.24. The van der Waals surface area contributed by atoms with Gasteiger partial charge < -0.3 is 28.4 Å². The summed E-state index contributed by atoms with van der Waals surface area (Å²) in [5.41, 5.74) is -0.647. The summed E-state index contributed by atoms with van der Waals surface area (Å²) in [6, 6.07) is 0. The van der Waals surface area contributed by atoms with Crippen LogP contribution in [0.4, 0.5) is 0 Å². The van der Waals surface area contributed by atoms with E-state index in [1.165, 1.54) is 0 Å². The molecular weight excluding hydrogens is 360 g/mol. The standard InChI is InChI=1S/C18H32O9/c1-5-18(12-22-9-15(19)25-6-2,13-23-10-16(20)26-7-3)14-24-11-17(21)27-8-4/h5-14H2,1-4H3. The number of ether oxygens (including phenoxy) is 6. The van der Waals surface area contributed by atoms with Crippen LogP contribution in [0, 0.1) is 5.41 Å². The van der Waals surface area contributed by atoms with Crippen LogP contribution >= 0.6 is 0 Å². The second-order valence-corrected chi connectivity index (χ2v) is 5.75. The Bertz CT molecular complexity index is 377. The van der Waals surface area contributed by atoms with Crippen LogP contribution in [0.1, 0.15) is 34.1 Å². The van der Waals surface area contributed by atoms with Gasteiger partial charge in [0, 0.05) is 5.41 Å². The Balaban J connectivity index is 4.67. The summed E-state index contributed by atoms with van der Waals surface area (Å²) >= 11 is 0. The fourth-order valence-electron chi connectivity index (χ4n) is 2.09. The van der Waals surface area contributed by atoms with Gasteiger partial charge in [-0.1, -0.05) is 6.92 Å². The van der Waals surface area contributed by atoms with Crippen LogP contribution < -0.4 is 0 Å². The van der Waals surface area contributed by atoms with Crippen LogP contribution in [0.2, 0.25) is 0 Å². The maximum absolute atomic E-state index is 11.4. The molecule has 9 heteroatoms. The molecule has 0 amide bonds. The Morgan fingerprint density at radius 3 is 1.11 bits per heavy atom. The molecule has 0 aromatic carbocycles. The molecule has 0 radical (unpaired) electrons. The lowest BCUT2D eigenvalue weighted by Gasteiger charge is -2.31. The number of hydrogen-bond donors (Lipinski definition) is 0. The van der Waals surface area contributed by atoms with Crippen molar-refractivity contribution in [3.63, 3.8) is 0 Å². The van der Waals surface area contributed by atoms with Crippen LogP contribution in [0.3, 0.4) is 0 Å². The van der Waals surface area contributed by atoms with E-state index < -0.39 is 23.3 Å². The number of rotatable bonds is 16. The van der Waals surface area contributed by atoms with Crippen molar-refractivity contribution < 1.29 is 42.8 Å². The molecule has 0 aliphatic carbocycles. The van der Waals surface area contributed by atoms with Crippen molar-refractivity contribution in [2.24, 2.45) is 5.41 Å². The van der Waals surface area contributed by atoms with Gasteiger partial charge in [0.15, 0.2) is 0 Å². The molecule has 0 aliphatic rings. The highest BCUT2D eigenvalue weighted by Gasteiger charge is 2.31. The van der Waals surface area contributed by atoms with Gasteiger partial charge in [0.2, 0.25) is 0 Å². The summed E-state index contributed by atoms with van der Waals surface area (Å²) in [7, 11) is 0. The third-order valence-corrected chi connectivity index (χ3v) is 3.55. The molecule has 0 bridgehead atoms. The normalized spacial score (nSPS) is 11.1. The molecule has 0 heterocycles. The predicted octanol–water partition coefficient (Wildman–Crippen LogP) is 1.12. The van der Waals surface area contributed by atoms with E-state index in [0.29, 0.717) is 6.42 Å².